The summed E-state index contributed by atoms with van der Waals surface area (Å²) in [7, 11) is 0. The van der Waals surface area contributed by atoms with Crippen molar-refractivity contribution >= 4 is 23.4 Å². The maximum atomic E-state index is 13.4. The van der Waals surface area contributed by atoms with Crippen molar-refractivity contribution in [1.29, 1.82) is 0 Å². The number of benzene rings is 2. The minimum Gasteiger partial charge on any atom is -0.392 e. The first-order valence-corrected chi connectivity index (χ1v) is 7.14. The summed E-state index contributed by atoms with van der Waals surface area (Å²) in [5.74, 6) is -1.48. The lowest BCUT2D eigenvalue weighted by Crippen LogP contribution is -2.14. The Kier molecular flexibility index (Phi) is 5.30. The number of aliphatic hydroxyl groups is 1. The number of thioether (sulfide) groups is 1. The van der Waals surface area contributed by atoms with Gasteiger partial charge < -0.3 is 10.4 Å². The fraction of sp³-hybridized carbons (Fsp3) is 0.133. The van der Waals surface area contributed by atoms with E-state index in [2.05, 4.69) is 5.32 Å². The van der Waals surface area contributed by atoms with Crippen LogP contribution in [0.15, 0.2) is 47.4 Å². The molecule has 0 radical (unpaired) electrons. The molecule has 0 saturated heterocycles. The average Bonchev–Trinajstić information content (AvgIpc) is 2.48. The minimum atomic E-state index is -0.559. The fourth-order valence-electron chi connectivity index (χ4n) is 1.68. The van der Waals surface area contributed by atoms with E-state index >= 15 is 0 Å². The molecule has 0 aliphatic rings. The van der Waals surface area contributed by atoms with E-state index in [-0.39, 0.29) is 23.2 Å². The first-order chi connectivity index (χ1) is 10.1. The van der Waals surface area contributed by atoms with Gasteiger partial charge in [0.1, 0.15) is 11.6 Å². The van der Waals surface area contributed by atoms with Gasteiger partial charge in [-0.3, -0.25) is 4.79 Å². The smallest absolute Gasteiger partial charge is 0.234 e. The van der Waals surface area contributed by atoms with Gasteiger partial charge in [0.2, 0.25) is 5.91 Å². The Bertz CT molecular complexity index is 649. The van der Waals surface area contributed by atoms with Gasteiger partial charge in [0.25, 0.3) is 0 Å². The average molecular weight is 309 g/mol. The monoisotopic (exact) mass is 309 g/mol. The van der Waals surface area contributed by atoms with Crippen molar-refractivity contribution in [3.63, 3.8) is 0 Å². The van der Waals surface area contributed by atoms with Crippen LogP contribution in [0.4, 0.5) is 14.5 Å². The first kappa shape index (κ1) is 15.5. The molecule has 0 saturated carbocycles. The molecular formula is C15H13F2NO2S. The standard InChI is InChI=1S/C15H13F2NO2S/c16-11-4-5-13(17)14(7-11)21-9-15(20)18-12-3-1-2-10(6-12)8-19/h1-7,19H,8-9H2,(H,18,20). The number of aliphatic hydroxyl groups excluding tert-OH is 1. The molecule has 3 nitrogen and oxygen atoms in total. The summed E-state index contributed by atoms with van der Waals surface area (Å²) in [4.78, 5) is 11.9. The zero-order valence-electron chi connectivity index (χ0n) is 11.0. The van der Waals surface area contributed by atoms with Gasteiger partial charge in [-0.1, -0.05) is 12.1 Å². The minimum absolute atomic E-state index is 0.0380. The van der Waals surface area contributed by atoms with Crippen LogP contribution < -0.4 is 5.32 Å². The van der Waals surface area contributed by atoms with Gasteiger partial charge in [-0.25, -0.2) is 8.78 Å². The molecule has 2 rings (SSSR count). The van der Waals surface area contributed by atoms with Gasteiger partial charge in [-0.2, -0.15) is 0 Å². The highest BCUT2D eigenvalue weighted by molar-refractivity contribution is 8.00. The molecule has 21 heavy (non-hydrogen) atoms. The molecule has 2 N–H and O–H groups in total. The van der Waals surface area contributed by atoms with Gasteiger partial charge in [0, 0.05) is 10.6 Å². The SMILES string of the molecule is O=C(CSc1cc(F)ccc1F)Nc1cccc(CO)c1. The summed E-state index contributed by atoms with van der Waals surface area (Å²) in [6.07, 6.45) is 0. The van der Waals surface area contributed by atoms with Crippen molar-refractivity contribution in [2.75, 3.05) is 11.1 Å². The predicted molar refractivity (Wildman–Crippen MR) is 78.1 cm³/mol. The van der Waals surface area contributed by atoms with E-state index in [4.69, 9.17) is 5.11 Å². The molecule has 1 amide bonds. The number of halogens is 2. The van der Waals surface area contributed by atoms with Gasteiger partial charge in [-0.15, -0.1) is 11.8 Å². The second-order valence-corrected chi connectivity index (χ2v) is 5.29. The van der Waals surface area contributed by atoms with Gasteiger partial charge in [0.15, 0.2) is 0 Å². The van der Waals surface area contributed by atoms with Crippen molar-refractivity contribution in [2.24, 2.45) is 0 Å². The Balaban J connectivity index is 1.94. The first-order valence-electron chi connectivity index (χ1n) is 6.16. The number of hydrogen-bond donors (Lipinski definition) is 2. The van der Waals surface area contributed by atoms with Crippen LogP contribution in [0.3, 0.4) is 0 Å². The van der Waals surface area contributed by atoms with Crippen molar-refractivity contribution in [3.05, 3.63) is 59.7 Å². The maximum absolute atomic E-state index is 13.4. The number of nitrogens with one attached hydrogen (secondary N) is 1. The quantitative estimate of drug-likeness (QED) is 0.834. The maximum Gasteiger partial charge on any atom is 0.234 e. The third-order valence-electron chi connectivity index (χ3n) is 2.65. The Morgan fingerprint density at radius 1 is 1.19 bits per heavy atom. The Labute approximate surface area is 125 Å². The van der Waals surface area contributed by atoms with E-state index in [0.717, 1.165) is 30.0 Å². The lowest BCUT2D eigenvalue weighted by Gasteiger charge is -2.07. The molecule has 0 fully saturated rings. The van der Waals surface area contributed by atoms with Crippen LogP contribution in [0.2, 0.25) is 0 Å². The van der Waals surface area contributed by atoms with E-state index in [1.165, 1.54) is 0 Å². The summed E-state index contributed by atoms with van der Waals surface area (Å²) in [6.45, 7) is -0.118. The Morgan fingerprint density at radius 2 is 2.00 bits per heavy atom. The molecule has 2 aromatic rings. The van der Waals surface area contributed by atoms with E-state index < -0.39 is 11.6 Å². The zero-order valence-corrected chi connectivity index (χ0v) is 11.8. The zero-order chi connectivity index (χ0) is 15.2. The summed E-state index contributed by atoms with van der Waals surface area (Å²) < 4.78 is 26.4. The van der Waals surface area contributed by atoms with Gasteiger partial charge >= 0.3 is 0 Å². The molecule has 110 valence electrons. The largest absolute Gasteiger partial charge is 0.392 e. The number of rotatable bonds is 5. The van der Waals surface area contributed by atoms with Crippen LogP contribution in [-0.2, 0) is 11.4 Å². The highest BCUT2D eigenvalue weighted by Gasteiger charge is 2.08. The molecule has 0 heterocycles. The highest BCUT2D eigenvalue weighted by atomic mass is 32.2. The number of amides is 1. The van der Waals surface area contributed by atoms with Crippen LogP contribution in [0.1, 0.15) is 5.56 Å². The van der Waals surface area contributed by atoms with Crippen molar-refractivity contribution in [3.8, 4) is 0 Å². The van der Waals surface area contributed by atoms with Crippen LogP contribution >= 0.6 is 11.8 Å². The molecule has 0 aliphatic heterocycles. The van der Waals surface area contributed by atoms with Crippen LogP contribution in [0.5, 0.6) is 0 Å². The molecule has 0 atom stereocenters. The fourth-order valence-corrected chi connectivity index (χ4v) is 2.44. The molecule has 0 bridgehead atoms. The van der Waals surface area contributed by atoms with E-state index in [9.17, 15) is 13.6 Å². The summed E-state index contributed by atoms with van der Waals surface area (Å²) in [6, 6.07) is 9.88. The molecular weight excluding hydrogens is 296 g/mol. The van der Waals surface area contributed by atoms with Crippen LogP contribution in [0.25, 0.3) is 0 Å². The summed E-state index contributed by atoms with van der Waals surface area (Å²) in [5.41, 5.74) is 1.23. The third kappa shape index (κ3) is 4.54. The second-order valence-electron chi connectivity index (χ2n) is 4.27. The van der Waals surface area contributed by atoms with E-state index in [0.29, 0.717) is 11.3 Å². The highest BCUT2D eigenvalue weighted by Crippen LogP contribution is 2.23. The predicted octanol–water partition coefficient (Wildman–Crippen LogP) is 3.19. The summed E-state index contributed by atoms with van der Waals surface area (Å²) >= 11 is 0.922. The number of carbonyl (C=O) groups is 1. The lowest BCUT2D eigenvalue weighted by molar-refractivity contribution is -0.113. The Hall–Kier alpha value is -1.92. The molecule has 0 aliphatic carbocycles. The molecule has 6 heteroatoms. The lowest BCUT2D eigenvalue weighted by atomic mass is 10.2. The van der Waals surface area contributed by atoms with Gasteiger partial charge in [0.05, 0.1) is 12.4 Å². The third-order valence-corrected chi connectivity index (χ3v) is 3.68. The van der Waals surface area contributed by atoms with E-state index in [1.807, 2.05) is 0 Å². The second kappa shape index (κ2) is 7.19. The van der Waals surface area contributed by atoms with Crippen molar-refractivity contribution < 1.29 is 18.7 Å². The number of carbonyl (C=O) groups excluding carboxylic acids is 1. The van der Waals surface area contributed by atoms with Crippen LogP contribution in [0, 0.1) is 11.6 Å². The Morgan fingerprint density at radius 3 is 2.76 bits per heavy atom. The van der Waals surface area contributed by atoms with Crippen molar-refractivity contribution in [2.45, 2.75) is 11.5 Å². The molecule has 0 unspecified atom stereocenters. The molecule has 2 aromatic carbocycles. The number of anilines is 1. The van der Waals surface area contributed by atoms with E-state index in [1.54, 1.807) is 24.3 Å². The molecule has 0 spiro atoms. The summed E-state index contributed by atoms with van der Waals surface area (Å²) in [5, 5.41) is 11.6. The van der Waals surface area contributed by atoms with Crippen molar-refractivity contribution in [1.82, 2.24) is 0 Å². The number of hydrogen-bond acceptors (Lipinski definition) is 3. The normalized spacial score (nSPS) is 10.4. The molecule has 0 aromatic heterocycles. The van der Waals surface area contributed by atoms with Crippen LogP contribution in [-0.4, -0.2) is 16.8 Å². The topological polar surface area (TPSA) is 49.3 Å². The van der Waals surface area contributed by atoms with Gasteiger partial charge in [-0.05, 0) is 35.9 Å².